The van der Waals surface area contributed by atoms with Crippen molar-refractivity contribution in [2.75, 3.05) is 25.6 Å². The minimum atomic E-state index is -0.691. The fourth-order valence-electron chi connectivity index (χ4n) is 2.38. The van der Waals surface area contributed by atoms with Gasteiger partial charge in [-0.1, -0.05) is 11.6 Å². The number of nitro benzene ring substituents is 1. The fourth-order valence-corrected chi connectivity index (χ4v) is 2.55. The van der Waals surface area contributed by atoms with E-state index in [0.717, 1.165) is 0 Å². The maximum absolute atomic E-state index is 12.6. The second-order valence-corrected chi connectivity index (χ2v) is 5.51. The van der Waals surface area contributed by atoms with Crippen LogP contribution in [0.25, 0.3) is 0 Å². The molecule has 8 nitrogen and oxygen atoms in total. The first kappa shape index (κ1) is 16.8. The van der Waals surface area contributed by atoms with E-state index in [4.69, 9.17) is 25.8 Å². The summed E-state index contributed by atoms with van der Waals surface area (Å²) in [4.78, 5) is 23.3. The number of hydrogen-bond acceptors (Lipinski definition) is 6. The standard InChI is InChI=1S/C16H13ClN2O6/c1-23-13-3-2-9(17)6-11(13)18-16(20)10-7-14-15(25-5-4-24-14)8-12(10)19(21)22/h2-3,6-8H,4-5H2,1H3,(H,18,20). The van der Waals surface area contributed by atoms with Gasteiger partial charge in [0.2, 0.25) is 0 Å². The van der Waals surface area contributed by atoms with Gasteiger partial charge >= 0.3 is 0 Å². The zero-order valence-corrected chi connectivity index (χ0v) is 13.8. The van der Waals surface area contributed by atoms with Gasteiger partial charge in [-0.05, 0) is 18.2 Å². The number of benzene rings is 2. The number of nitro groups is 1. The highest BCUT2D eigenvalue weighted by atomic mass is 35.5. The molecule has 0 aliphatic carbocycles. The summed E-state index contributed by atoms with van der Waals surface area (Å²) in [5.74, 6) is 0.192. The third-order valence-electron chi connectivity index (χ3n) is 3.51. The van der Waals surface area contributed by atoms with Gasteiger partial charge in [-0.15, -0.1) is 0 Å². The highest BCUT2D eigenvalue weighted by Gasteiger charge is 2.27. The third kappa shape index (κ3) is 3.43. The van der Waals surface area contributed by atoms with Crippen molar-refractivity contribution in [1.82, 2.24) is 0 Å². The normalized spacial score (nSPS) is 12.4. The maximum Gasteiger partial charge on any atom is 0.286 e. The summed E-state index contributed by atoms with van der Waals surface area (Å²) >= 11 is 5.93. The van der Waals surface area contributed by atoms with Crippen molar-refractivity contribution in [3.05, 3.63) is 51.0 Å². The van der Waals surface area contributed by atoms with Gasteiger partial charge < -0.3 is 19.5 Å². The molecule has 1 N–H and O–H groups in total. The van der Waals surface area contributed by atoms with Crippen LogP contribution in [0.3, 0.4) is 0 Å². The van der Waals surface area contributed by atoms with Crippen molar-refractivity contribution in [3.63, 3.8) is 0 Å². The van der Waals surface area contributed by atoms with Gasteiger partial charge in [-0.3, -0.25) is 14.9 Å². The van der Waals surface area contributed by atoms with Crippen LogP contribution in [0.5, 0.6) is 17.2 Å². The summed E-state index contributed by atoms with van der Waals surface area (Å²) in [6.07, 6.45) is 0. The largest absolute Gasteiger partial charge is 0.495 e. The number of rotatable bonds is 4. The lowest BCUT2D eigenvalue weighted by atomic mass is 10.1. The van der Waals surface area contributed by atoms with E-state index in [0.29, 0.717) is 23.1 Å². The molecule has 1 heterocycles. The molecule has 0 spiro atoms. The molecule has 2 aromatic rings. The van der Waals surface area contributed by atoms with Crippen molar-refractivity contribution in [2.45, 2.75) is 0 Å². The zero-order chi connectivity index (χ0) is 18.0. The van der Waals surface area contributed by atoms with Crippen LogP contribution in [-0.4, -0.2) is 31.2 Å². The molecule has 0 bridgehead atoms. The van der Waals surface area contributed by atoms with Crippen LogP contribution in [0.1, 0.15) is 10.4 Å². The number of amides is 1. The molecule has 1 aliphatic heterocycles. The Morgan fingerprint density at radius 2 is 1.92 bits per heavy atom. The van der Waals surface area contributed by atoms with Crippen LogP contribution in [0.2, 0.25) is 5.02 Å². The number of fused-ring (bicyclic) bond motifs is 1. The van der Waals surface area contributed by atoms with Crippen LogP contribution in [0, 0.1) is 10.1 Å². The molecule has 130 valence electrons. The molecule has 0 atom stereocenters. The van der Waals surface area contributed by atoms with E-state index in [1.54, 1.807) is 12.1 Å². The molecule has 1 amide bonds. The predicted molar refractivity (Wildman–Crippen MR) is 90.0 cm³/mol. The van der Waals surface area contributed by atoms with Gasteiger partial charge in [0, 0.05) is 11.1 Å². The molecule has 0 radical (unpaired) electrons. The van der Waals surface area contributed by atoms with Gasteiger partial charge in [-0.2, -0.15) is 0 Å². The summed E-state index contributed by atoms with van der Waals surface area (Å²) < 4.78 is 15.9. The lowest BCUT2D eigenvalue weighted by Gasteiger charge is -2.19. The van der Waals surface area contributed by atoms with Gasteiger partial charge in [0.15, 0.2) is 11.5 Å². The molecule has 25 heavy (non-hydrogen) atoms. The number of anilines is 1. The van der Waals surface area contributed by atoms with Crippen LogP contribution in [-0.2, 0) is 0 Å². The Labute approximate surface area is 147 Å². The molecule has 0 unspecified atom stereocenters. The second-order valence-electron chi connectivity index (χ2n) is 5.07. The van der Waals surface area contributed by atoms with Crippen LogP contribution < -0.4 is 19.5 Å². The average Bonchev–Trinajstić information content (AvgIpc) is 2.60. The molecule has 0 saturated carbocycles. The minimum absolute atomic E-state index is 0.156. The Hall–Kier alpha value is -3.00. The number of nitrogens with zero attached hydrogens (tertiary/aromatic N) is 1. The van der Waals surface area contributed by atoms with E-state index in [1.807, 2.05) is 0 Å². The smallest absolute Gasteiger partial charge is 0.286 e. The number of halogens is 1. The van der Waals surface area contributed by atoms with Crippen LogP contribution >= 0.6 is 11.6 Å². The van der Waals surface area contributed by atoms with E-state index in [-0.39, 0.29) is 29.4 Å². The number of methoxy groups -OCH3 is 1. The molecule has 0 fully saturated rings. The van der Waals surface area contributed by atoms with Crippen molar-refractivity contribution >= 4 is 28.9 Å². The van der Waals surface area contributed by atoms with Gasteiger partial charge in [0.05, 0.1) is 23.8 Å². The van der Waals surface area contributed by atoms with Gasteiger partial charge in [0.25, 0.3) is 11.6 Å². The molecule has 3 rings (SSSR count). The highest BCUT2D eigenvalue weighted by molar-refractivity contribution is 6.31. The Morgan fingerprint density at radius 1 is 1.24 bits per heavy atom. The lowest BCUT2D eigenvalue weighted by molar-refractivity contribution is -0.385. The molecular formula is C16H13ClN2O6. The van der Waals surface area contributed by atoms with Crippen molar-refractivity contribution in [2.24, 2.45) is 0 Å². The number of hydrogen-bond donors (Lipinski definition) is 1. The minimum Gasteiger partial charge on any atom is -0.495 e. The molecule has 1 aliphatic rings. The summed E-state index contributed by atoms with van der Waals surface area (Å²) in [6.45, 7) is 0.587. The Bertz CT molecular complexity index is 855. The first-order valence-corrected chi connectivity index (χ1v) is 7.60. The van der Waals surface area contributed by atoms with Crippen molar-refractivity contribution in [1.29, 1.82) is 0 Å². The summed E-state index contributed by atoms with van der Waals surface area (Å²) in [7, 11) is 1.44. The monoisotopic (exact) mass is 364 g/mol. The molecule has 9 heteroatoms. The number of carbonyl (C=O) groups is 1. The van der Waals surface area contributed by atoms with Crippen LogP contribution in [0.4, 0.5) is 11.4 Å². The Balaban J connectivity index is 1.99. The lowest BCUT2D eigenvalue weighted by Crippen LogP contribution is -2.19. The number of ether oxygens (including phenoxy) is 3. The topological polar surface area (TPSA) is 99.9 Å². The van der Waals surface area contributed by atoms with E-state index >= 15 is 0 Å². The Morgan fingerprint density at radius 3 is 2.56 bits per heavy atom. The van der Waals surface area contributed by atoms with E-state index in [1.165, 1.54) is 25.3 Å². The van der Waals surface area contributed by atoms with E-state index in [9.17, 15) is 14.9 Å². The second kappa shape index (κ2) is 6.86. The quantitative estimate of drug-likeness (QED) is 0.660. The van der Waals surface area contributed by atoms with Crippen molar-refractivity contribution in [3.8, 4) is 17.2 Å². The highest BCUT2D eigenvalue weighted by Crippen LogP contribution is 2.37. The number of carbonyl (C=O) groups excluding carboxylic acids is 1. The van der Waals surface area contributed by atoms with Gasteiger partial charge in [-0.25, -0.2) is 0 Å². The average molecular weight is 365 g/mol. The Kier molecular flexibility index (Phi) is 4.62. The fraction of sp³-hybridized carbons (Fsp3) is 0.188. The van der Waals surface area contributed by atoms with Crippen molar-refractivity contribution < 1.29 is 23.9 Å². The third-order valence-corrected chi connectivity index (χ3v) is 3.75. The zero-order valence-electron chi connectivity index (χ0n) is 13.1. The molecule has 0 saturated heterocycles. The molecule has 0 aromatic heterocycles. The molecule has 2 aromatic carbocycles. The first-order chi connectivity index (χ1) is 12.0. The van der Waals surface area contributed by atoms with E-state index in [2.05, 4.69) is 5.32 Å². The molecular weight excluding hydrogens is 352 g/mol. The summed E-state index contributed by atoms with van der Waals surface area (Å²) in [5, 5.41) is 14.3. The van der Waals surface area contributed by atoms with Gasteiger partial charge in [0.1, 0.15) is 24.5 Å². The SMILES string of the molecule is COc1ccc(Cl)cc1NC(=O)c1cc2c(cc1[N+](=O)[O-])OCCO2. The first-order valence-electron chi connectivity index (χ1n) is 7.22. The van der Waals surface area contributed by atoms with E-state index < -0.39 is 10.8 Å². The summed E-state index contributed by atoms with van der Waals surface area (Å²) in [5.41, 5.74) is -0.247. The maximum atomic E-state index is 12.6. The van der Waals surface area contributed by atoms with Crippen LogP contribution in [0.15, 0.2) is 30.3 Å². The number of nitrogens with one attached hydrogen (secondary N) is 1. The summed E-state index contributed by atoms with van der Waals surface area (Å²) in [6, 6.07) is 7.14. The predicted octanol–water partition coefficient (Wildman–Crippen LogP) is 3.28.